The fourth-order valence-electron chi connectivity index (χ4n) is 10.3. The van der Waals surface area contributed by atoms with Crippen LogP contribution in [0.25, 0.3) is 33.3 Å². The minimum absolute atomic E-state index is 0.0181. The Morgan fingerprint density at radius 1 is 1.07 bits per heavy atom. The lowest BCUT2D eigenvalue weighted by atomic mass is 9.84. The third kappa shape index (κ3) is 11.0. The molecule has 15 nitrogen and oxygen atoms in total. The fourth-order valence-corrected chi connectivity index (χ4v) is 10.3. The molecule has 0 radical (unpaired) electrons. The lowest BCUT2D eigenvalue weighted by Gasteiger charge is -2.37. The summed E-state index contributed by atoms with van der Waals surface area (Å²) in [5, 5.41) is 26.8. The van der Waals surface area contributed by atoms with Gasteiger partial charge in [-0.25, -0.2) is 5.43 Å². The van der Waals surface area contributed by atoms with Crippen LogP contribution in [-0.2, 0) is 48.0 Å². The van der Waals surface area contributed by atoms with Crippen molar-refractivity contribution in [3.8, 4) is 28.1 Å². The van der Waals surface area contributed by atoms with Crippen molar-refractivity contribution >= 4 is 34.6 Å². The number of allylic oxidation sites excluding steroid dienone is 1. The number of aryl methyl sites for hydroxylation is 1. The molecule has 3 aromatic heterocycles. The number of hydrogen-bond acceptors (Lipinski definition) is 11. The zero-order valence-electron chi connectivity index (χ0n) is 42.0. The predicted molar refractivity (Wildman–Crippen MR) is 269 cm³/mol. The maximum absolute atomic E-state index is 14.9. The Hall–Kier alpha value is -6.42. The molecule has 5 aromatic rings. The third-order valence-corrected chi connectivity index (χ3v) is 13.8. The van der Waals surface area contributed by atoms with Gasteiger partial charge in [-0.1, -0.05) is 52.0 Å². The van der Waals surface area contributed by atoms with Crippen LogP contribution < -0.4 is 10.7 Å². The molecule has 0 aliphatic carbocycles. The van der Waals surface area contributed by atoms with Gasteiger partial charge < -0.3 is 34.5 Å². The summed E-state index contributed by atoms with van der Waals surface area (Å²) in [6.07, 6.45) is 8.20. The van der Waals surface area contributed by atoms with Gasteiger partial charge in [-0.3, -0.25) is 34.2 Å². The van der Waals surface area contributed by atoms with E-state index >= 15 is 0 Å². The summed E-state index contributed by atoms with van der Waals surface area (Å²) in [6, 6.07) is 16.0. The van der Waals surface area contributed by atoms with Crippen LogP contribution in [0.4, 0.5) is 0 Å². The molecule has 5 atom stereocenters. The summed E-state index contributed by atoms with van der Waals surface area (Å²) in [4.78, 5) is 68.5. The molecule has 70 heavy (non-hydrogen) atoms. The maximum atomic E-state index is 14.9. The second-order valence-corrected chi connectivity index (χ2v) is 19.7. The number of aliphatic hydroxyl groups is 1. The van der Waals surface area contributed by atoms with E-state index in [0.29, 0.717) is 42.5 Å². The van der Waals surface area contributed by atoms with E-state index in [9.17, 15) is 29.4 Å². The number of carbonyl (C=O) groups excluding carboxylic acids is 4. The monoisotopic (exact) mass is 956 g/mol. The van der Waals surface area contributed by atoms with Crippen LogP contribution in [0.15, 0.2) is 90.9 Å². The van der Waals surface area contributed by atoms with Gasteiger partial charge in [0.25, 0.3) is 11.8 Å². The number of hydrogen-bond donors (Lipinski definition) is 4. The molecule has 2 aliphatic heterocycles. The number of cyclic esters (lactones) is 1. The second-order valence-electron chi connectivity index (χ2n) is 19.7. The number of pyridine rings is 2. The van der Waals surface area contributed by atoms with Gasteiger partial charge in [0, 0.05) is 92.2 Å². The quantitative estimate of drug-likeness (QED) is 0.0679. The van der Waals surface area contributed by atoms with E-state index in [1.54, 1.807) is 63.9 Å². The number of likely N-dealkylation sites (N-methyl/N-ethyl adjacent to an activating group) is 1. The number of ether oxygens (including phenoxy) is 2. The first-order valence-electron chi connectivity index (χ1n) is 24.5. The highest BCUT2D eigenvalue weighted by Gasteiger charge is 2.39. The van der Waals surface area contributed by atoms with Crippen molar-refractivity contribution in [3.63, 3.8) is 0 Å². The average Bonchev–Trinajstić information content (AvgIpc) is 3.65. The van der Waals surface area contributed by atoms with E-state index in [-0.39, 0.29) is 44.5 Å². The molecule has 0 spiro atoms. The van der Waals surface area contributed by atoms with Gasteiger partial charge in [-0.05, 0) is 123 Å². The topological polar surface area (TPSA) is 188 Å². The molecular formula is C55H69N7O8. The van der Waals surface area contributed by atoms with Crippen LogP contribution in [0.2, 0.25) is 0 Å². The number of rotatable bonds is 13. The van der Waals surface area contributed by atoms with Crippen LogP contribution >= 0.6 is 0 Å². The van der Waals surface area contributed by atoms with Crippen LogP contribution in [0, 0.1) is 11.3 Å². The van der Waals surface area contributed by atoms with E-state index < -0.39 is 59.1 Å². The fraction of sp³-hybridized carbons (Fsp3) is 0.455. The Morgan fingerprint density at radius 3 is 2.53 bits per heavy atom. The number of aromatic hydroxyl groups is 1. The molecule has 6 bridgehead atoms. The zero-order chi connectivity index (χ0) is 50.4. The highest BCUT2D eigenvalue weighted by Crippen LogP contribution is 2.42. The Morgan fingerprint density at radius 2 is 1.84 bits per heavy atom. The SMILES string of the molecule is C/C=C(/C(=O)N(C)C(C(=O)N[C@H]1Cc2cc(O)cc(c2)-c2ccc3c(c2)c(c(-c2cccnc2[C@H](C)OC)n3CC)CC(C)(C)COC(=O)[C@@H]2CCCN(N2)C1=O)C(C)C)[C@H](CCO)c1cccnc1. The molecule has 15 heteroatoms. The number of amides is 3. The predicted octanol–water partition coefficient (Wildman–Crippen LogP) is 7.44. The lowest BCUT2D eigenvalue weighted by Crippen LogP contribution is -2.62. The van der Waals surface area contributed by atoms with Gasteiger partial charge in [-0.2, -0.15) is 0 Å². The molecule has 1 saturated heterocycles. The summed E-state index contributed by atoms with van der Waals surface area (Å²) < 4.78 is 14.2. The second kappa shape index (κ2) is 22.1. The number of nitrogens with zero attached hydrogens (tertiary/aromatic N) is 5. The maximum Gasteiger partial charge on any atom is 0.324 e. The number of nitrogens with one attached hydrogen (secondary N) is 2. The van der Waals surface area contributed by atoms with E-state index in [4.69, 9.17) is 14.5 Å². The Bertz CT molecular complexity index is 2730. The van der Waals surface area contributed by atoms with Crippen molar-refractivity contribution in [2.24, 2.45) is 11.3 Å². The number of methoxy groups -OCH3 is 1. The molecule has 0 saturated carbocycles. The molecule has 7 rings (SSSR count). The zero-order valence-corrected chi connectivity index (χ0v) is 42.0. The number of esters is 1. The van der Waals surface area contributed by atoms with Gasteiger partial charge >= 0.3 is 5.97 Å². The van der Waals surface area contributed by atoms with Gasteiger partial charge in [0.15, 0.2) is 0 Å². The van der Waals surface area contributed by atoms with Gasteiger partial charge in [0.05, 0.1) is 24.1 Å². The number of aliphatic hydroxyl groups excluding tert-OH is 1. The van der Waals surface area contributed by atoms with Crippen molar-refractivity contribution < 1.29 is 38.9 Å². The van der Waals surface area contributed by atoms with Crippen LogP contribution in [0.3, 0.4) is 0 Å². The van der Waals surface area contributed by atoms with E-state index in [1.807, 2.05) is 45.0 Å². The Labute approximate surface area is 411 Å². The van der Waals surface area contributed by atoms with Crippen LogP contribution in [-0.4, -0.2) is 110 Å². The average molecular weight is 956 g/mol. The summed E-state index contributed by atoms with van der Waals surface area (Å²) in [5.74, 6) is -2.82. The first-order chi connectivity index (χ1) is 33.5. The van der Waals surface area contributed by atoms with Gasteiger partial charge in [0.2, 0.25) is 5.91 Å². The molecular weight excluding hydrogens is 887 g/mol. The summed E-state index contributed by atoms with van der Waals surface area (Å²) in [7, 11) is 3.24. The van der Waals surface area contributed by atoms with E-state index in [2.05, 4.69) is 59.3 Å². The van der Waals surface area contributed by atoms with Crippen molar-refractivity contribution in [2.45, 2.75) is 117 Å². The summed E-state index contributed by atoms with van der Waals surface area (Å²) in [5.41, 5.74) is 10.7. The number of hydrazine groups is 1. The lowest BCUT2D eigenvalue weighted by molar-refractivity contribution is -0.155. The van der Waals surface area contributed by atoms with Crippen molar-refractivity contribution in [1.82, 2.24) is 35.2 Å². The highest BCUT2D eigenvalue weighted by molar-refractivity contribution is 5.99. The van der Waals surface area contributed by atoms with Crippen LogP contribution in [0.5, 0.6) is 5.75 Å². The molecule has 2 aliphatic rings. The summed E-state index contributed by atoms with van der Waals surface area (Å²) in [6.45, 7) is 14.5. The number of aromatic nitrogens is 3. The Balaban J connectivity index is 1.31. The number of fused-ring (bicyclic) bond motifs is 6. The number of carbonyl (C=O) groups is 4. The van der Waals surface area contributed by atoms with Gasteiger partial charge in [-0.15, -0.1) is 0 Å². The van der Waals surface area contributed by atoms with E-state index in [1.165, 1.54) is 9.91 Å². The largest absolute Gasteiger partial charge is 0.508 e. The molecule has 372 valence electrons. The minimum Gasteiger partial charge on any atom is -0.508 e. The van der Waals surface area contributed by atoms with E-state index in [0.717, 1.165) is 44.5 Å². The third-order valence-electron chi connectivity index (χ3n) is 13.8. The minimum atomic E-state index is -1.19. The molecule has 4 N–H and O–H groups in total. The standard InChI is InChI=1S/C55H69N7O8/c1-10-40(41(20-24-63)37-15-12-21-56-31-37)52(66)60(8)49(33(3)4)51(65)58-46-27-35-25-38(28-39(64)26-35)36-18-19-47-43(29-36)44(50(61(47)11-2)42-16-13-22-57-48(42)34(5)69-9)30-55(6,7)32-70-54(68)45-17-14-23-62(59-45)53(46)67/h10,12-13,15-16,18-19,21-22,25-26,28-29,31,33-34,41,45-46,49,59,63-64H,11,14,17,20,23-24,27,30,32H2,1-9H3,(H,58,65)/b40-10+/t34-,41+,45-,46-,49?/m0/s1. The van der Waals surface area contributed by atoms with Crippen LogP contribution in [0.1, 0.15) is 102 Å². The van der Waals surface area contributed by atoms with Gasteiger partial charge in [0.1, 0.15) is 23.9 Å². The number of benzene rings is 2. The molecule has 1 fully saturated rings. The molecule has 5 heterocycles. The molecule has 1 unspecified atom stereocenters. The normalized spacial score (nSPS) is 19.0. The first kappa shape index (κ1) is 51.4. The first-order valence-corrected chi connectivity index (χ1v) is 24.5. The molecule has 2 aromatic carbocycles. The Kier molecular flexibility index (Phi) is 16.3. The van der Waals surface area contributed by atoms with Crippen molar-refractivity contribution in [3.05, 3.63) is 113 Å². The number of phenolic OH excluding ortho intramolecular Hbond substituents is 1. The number of phenols is 1. The van der Waals surface area contributed by atoms with Crippen molar-refractivity contribution in [1.29, 1.82) is 0 Å². The van der Waals surface area contributed by atoms with Crippen molar-refractivity contribution in [2.75, 3.05) is 33.9 Å². The highest BCUT2D eigenvalue weighted by atomic mass is 16.5. The molecule has 3 amide bonds. The summed E-state index contributed by atoms with van der Waals surface area (Å²) >= 11 is 0. The smallest absolute Gasteiger partial charge is 0.324 e.